The van der Waals surface area contributed by atoms with Crippen LogP contribution in [-0.4, -0.2) is 42.2 Å². The van der Waals surface area contributed by atoms with Crippen molar-refractivity contribution in [1.29, 1.82) is 0 Å². The van der Waals surface area contributed by atoms with Crippen molar-refractivity contribution in [2.24, 2.45) is 0 Å². The first-order valence-electron chi connectivity index (χ1n) is 7.15. The zero-order valence-corrected chi connectivity index (χ0v) is 14.6. The lowest BCUT2D eigenvalue weighted by molar-refractivity contribution is 0.428. The SMILES string of the molecule is Cc1cc(S(C)(=O)=O)c(C)c(S(=O)(=O)NC2CCCNC2)c1. The molecule has 1 aliphatic heterocycles. The standard InChI is InChI=1S/C14H22N2O4S2/c1-10-7-13(21(3,17)18)11(2)14(8-10)22(19,20)16-12-5-4-6-15-9-12/h7-8,12,15-16H,4-6,9H2,1-3H3. The van der Waals surface area contributed by atoms with Crippen LogP contribution in [0.3, 0.4) is 0 Å². The Hall–Kier alpha value is -0.960. The Morgan fingerprint density at radius 3 is 2.32 bits per heavy atom. The van der Waals surface area contributed by atoms with E-state index in [2.05, 4.69) is 10.0 Å². The van der Waals surface area contributed by atoms with Crippen LogP contribution < -0.4 is 10.0 Å². The summed E-state index contributed by atoms with van der Waals surface area (Å²) in [6.45, 7) is 4.70. The molecule has 1 fully saturated rings. The summed E-state index contributed by atoms with van der Waals surface area (Å²) in [6, 6.07) is 2.86. The van der Waals surface area contributed by atoms with Crippen molar-refractivity contribution in [3.05, 3.63) is 23.3 Å². The number of rotatable bonds is 4. The highest BCUT2D eigenvalue weighted by atomic mass is 32.2. The fourth-order valence-electron chi connectivity index (χ4n) is 2.69. The molecule has 1 saturated heterocycles. The van der Waals surface area contributed by atoms with Crippen LogP contribution in [0.4, 0.5) is 0 Å². The Kier molecular flexibility index (Phi) is 4.96. The molecule has 6 nitrogen and oxygen atoms in total. The molecule has 1 heterocycles. The van der Waals surface area contributed by atoms with Crippen LogP contribution in [0, 0.1) is 13.8 Å². The van der Waals surface area contributed by atoms with Gasteiger partial charge in [-0.2, -0.15) is 0 Å². The predicted molar refractivity (Wildman–Crippen MR) is 85.2 cm³/mol. The quantitative estimate of drug-likeness (QED) is 0.839. The fraction of sp³-hybridized carbons (Fsp3) is 0.571. The summed E-state index contributed by atoms with van der Waals surface area (Å²) < 4.78 is 51.6. The first kappa shape index (κ1) is 17.4. The van der Waals surface area contributed by atoms with Gasteiger partial charge < -0.3 is 5.32 Å². The smallest absolute Gasteiger partial charge is 0.241 e. The number of hydrogen-bond donors (Lipinski definition) is 2. The molecule has 0 bridgehead atoms. The van der Waals surface area contributed by atoms with Crippen LogP contribution in [0.5, 0.6) is 0 Å². The van der Waals surface area contributed by atoms with Crippen LogP contribution in [0.1, 0.15) is 24.0 Å². The first-order valence-corrected chi connectivity index (χ1v) is 10.5. The van der Waals surface area contributed by atoms with E-state index in [4.69, 9.17) is 0 Å². The average Bonchev–Trinajstić information content (AvgIpc) is 2.40. The molecule has 0 radical (unpaired) electrons. The molecule has 0 saturated carbocycles. The van der Waals surface area contributed by atoms with Gasteiger partial charge in [-0.05, 0) is 56.5 Å². The molecule has 22 heavy (non-hydrogen) atoms. The van der Waals surface area contributed by atoms with Crippen molar-refractivity contribution in [2.75, 3.05) is 19.3 Å². The molecule has 8 heteroatoms. The summed E-state index contributed by atoms with van der Waals surface area (Å²) in [5, 5.41) is 3.15. The number of sulfonamides is 1. The highest BCUT2D eigenvalue weighted by Gasteiger charge is 2.26. The topological polar surface area (TPSA) is 92.3 Å². The third-order valence-corrected chi connectivity index (χ3v) is 6.63. The molecule has 2 N–H and O–H groups in total. The van der Waals surface area contributed by atoms with Crippen molar-refractivity contribution in [3.63, 3.8) is 0 Å². The van der Waals surface area contributed by atoms with Crippen LogP contribution in [0.2, 0.25) is 0 Å². The maximum Gasteiger partial charge on any atom is 0.241 e. The minimum Gasteiger partial charge on any atom is -0.315 e. The minimum absolute atomic E-state index is 0.0403. The molecule has 124 valence electrons. The molecular formula is C14H22N2O4S2. The van der Waals surface area contributed by atoms with Crippen molar-refractivity contribution in [2.45, 2.75) is 42.5 Å². The maximum absolute atomic E-state index is 12.6. The van der Waals surface area contributed by atoms with E-state index >= 15 is 0 Å². The van der Waals surface area contributed by atoms with Crippen molar-refractivity contribution in [3.8, 4) is 0 Å². The van der Waals surface area contributed by atoms with Crippen LogP contribution >= 0.6 is 0 Å². The molecular weight excluding hydrogens is 324 g/mol. The highest BCUT2D eigenvalue weighted by molar-refractivity contribution is 7.91. The van der Waals surface area contributed by atoms with Crippen LogP contribution in [0.25, 0.3) is 0 Å². The molecule has 0 spiro atoms. The van der Waals surface area contributed by atoms with E-state index < -0.39 is 19.9 Å². The summed E-state index contributed by atoms with van der Waals surface area (Å²) in [7, 11) is -7.23. The van der Waals surface area contributed by atoms with E-state index in [1.54, 1.807) is 6.92 Å². The van der Waals surface area contributed by atoms with Gasteiger partial charge in [-0.25, -0.2) is 21.6 Å². The Labute approximate surface area is 132 Å². The zero-order chi connectivity index (χ0) is 16.5. The Morgan fingerprint density at radius 1 is 1.14 bits per heavy atom. The third kappa shape index (κ3) is 3.87. The van der Waals surface area contributed by atoms with E-state index in [9.17, 15) is 16.8 Å². The third-order valence-electron chi connectivity index (χ3n) is 3.76. The largest absolute Gasteiger partial charge is 0.315 e. The van der Waals surface area contributed by atoms with Crippen LogP contribution in [0.15, 0.2) is 21.9 Å². The average molecular weight is 346 g/mol. The Morgan fingerprint density at radius 2 is 1.77 bits per heavy atom. The van der Waals surface area contributed by atoms with Crippen LogP contribution in [-0.2, 0) is 19.9 Å². The second-order valence-electron chi connectivity index (χ2n) is 5.82. The van der Waals surface area contributed by atoms with Gasteiger partial charge >= 0.3 is 0 Å². The summed E-state index contributed by atoms with van der Waals surface area (Å²) in [5.41, 5.74) is 0.873. The molecule has 1 aromatic carbocycles. The lowest BCUT2D eigenvalue weighted by Gasteiger charge is -2.24. The Balaban J connectivity index is 2.44. The number of nitrogens with one attached hydrogen (secondary N) is 2. The zero-order valence-electron chi connectivity index (χ0n) is 13.0. The molecule has 2 rings (SSSR count). The summed E-state index contributed by atoms with van der Waals surface area (Å²) >= 11 is 0. The molecule has 1 aromatic rings. The van der Waals surface area contributed by atoms with Gasteiger partial charge in [0.15, 0.2) is 9.84 Å². The van der Waals surface area contributed by atoms with Crippen molar-refractivity contribution in [1.82, 2.24) is 10.0 Å². The van der Waals surface area contributed by atoms with Gasteiger partial charge in [0.1, 0.15) is 0 Å². The van der Waals surface area contributed by atoms with Gasteiger partial charge in [0, 0.05) is 18.8 Å². The van der Waals surface area contributed by atoms with E-state index in [0.717, 1.165) is 25.6 Å². The number of benzene rings is 1. The molecule has 1 atom stereocenters. The minimum atomic E-state index is -3.75. The maximum atomic E-state index is 12.6. The lowest BCUT2D eigenvalue weighted by atomic mass is 10.1. The molecule has 0 aromatic heterocycles. The van der Waals surface area contributed by atoms with Crippen molar-refractivity contribution < 1.29 is 16.8 Å². The molecule has 0 amide bonds. The van der Waals surface area contributed by atoms with Gasteiger partial charge in [0.05, 0.1) is 9.79 Å². The summed E-state index contributed by atoms with van der Waals surface area (Å²) in [6.07, 6.45) is 2.77. The Bertz CT molecular complexity index is 764. The second kappa shape index (κ2) is 6.27. The van der Waals surface area contributed by atoms with E-state index in [1.807, 2.05) is 0 Å². The van der Waals surface area contributed by atoms with Gasteiger partial charge in [-0.3, -0.25) is 0 Å². The number of aryl methyl sites for hydroxylation is 1. The van der Waals surface area contributed by atoms with E-state index in [0.29, 0.717) is 12.1 Å². The van der Waals surface area contributed by atoms with E-state index in [1.165, 1.54) is 19.1 Å². The van der Waals surface area contributed by atoms with Gasteiger partial charge in [-0.15, -0.1) is 0 Å². The predicted octanol–water partition coefficient (Wildman–Crippen LogP) is 0.737. The van der Waals surface area contributed by atoms with E-state index in [-0.39, 0.29) is 21.4 Å². The molecule has 0 aliphatic carbocycles. The number of sulfone groups is 1. The second-order valence-corrected chi connectivity index (χ2v) is 9.49. The van der Waals surface area contributed by atoms with Crippen molar-refractivity contribution >= 4 is 19.9 Å². The lowest BCUT2D eigenvalue weighted by Crippen LogP contribution is -2.45. The molecule has 1 unspecified atom stereocenters. The molecule has 1 aliphatic rings. The summed E-state index contributed by atoms with van der Waals surface area (Å²) in [5.74, 6) is 0. The number of piperidine rings is 1. The fourth-order valence-corrected chi connectivity index (χ4v) is 5.44. The monoisotopic (exact) mass is 346 g/mol. The van der Waals surface area contributed by atoms with Gasteiger partial charge in [0.25, 0.3) is 0 Å². The van der Waals surface area contributed by atoms with Gasteiger partial charge in [0.2, 0.25) is 10.0 Å². The number of hydrogen-bond acceptors (Lipinski definition) is 5. The van der Waals surface area contributed by atoms with Gasteiger partial charge in [-0.1, -0.05) is 0 Å². The summed E-state index contributed by atoms with van der Waals surface area (Å²) in [4.78, 5) is 0.105. The highest BCUT2D eigenvalue weighted by Crippen LogP contribution is 2.25. The first-order chi connectivity index (χ1) is 10.1. The normalized spacial score (nSPS) is 20.0.